The molecule has 0 saturated carbocycles. The first-order valence-electron chi connectivity index (χ1n) is 7.30. The smallest absolute Gasteiger partial charge is 0.228 e. The zero-order valence-corrected chi connectivity index (χ0v) is 12.6. The number of hydrogen-bond donors (Lipinski definition) is 2. The lowest BCUT2D eigenvalue weighted by Crippen LogP contribution is -2.29. The van der Waals surface area contributed by atoms with Crippen molar-refractivity contribution in [1.29, 1.82) is 0 Å². The van der Waals surface area contributed by atoms with Crippen LogP contribution in [0.4, 0.5) is 5.69 Å². The normalized spacial score (nSPS) is 25.8. The summed E-state index contributed by atoms with van der Waals surface area (Å²) in [6.45, 7) is 1.96. The third-order valence-electron chi connectivity index (χ3n) is 4.16. The highest BCUT2D eigenvalue weighted by molar-refractivity contribution is 7.91. The zero-order chi connectivity index (χ0) is 14.9. The van der Waals surface area contributed by atoms with Gasteiger partial charge < -0.3 is 10.6 Å². The molecule has 1 aromatic heterocycles. The maximum absolute atomic E-state index is 12.1. The van der Waals surface area contributed by atoms with Crippen LogP contribution in [0, 0.1) is 5.92 Å². The average Bonchev–Trinajstić information content (AvgIpc) is 3.06. The molecule has 116 valence electrons. The molecule has 1 aromatic rings. The molecule has 0 aliphatic carbocycles. The lowest BCUT2D eigenvalue weighted by Gasteiger charge is -2.22. The second-order valence-electron chi connectivity index (χ2n) is 5.78. The van der Waals surface area contributed by atoms with Crippen molar-refractivity contribution in [3.05, 3.63) is 12.4 Å². The van der Waals surface area contributed by atoms with E-state index in [9.17, 15) is 13.2 Å². The number of carbonyl (C=O) groups is 1. The molecule has 0 bridgehead atoms. The standard InChI is InChI=1S/C13H20N4O3S/c18-13(10-3-6-21(19,20)9-10)16-11-7-15-17(8-11)12-1-4-14-5-2-12/h7-8,10,12,14H,1-6,9H2,(H,16,18). The first kappa shape index (κ1) is 14.5. The summed E-state index contributed by atoms with van der Waals surface area (Å²) >= 11 is 0. The van der Waals surface area contributed by atoms with Crippen molar-refractivity contribution in [2.24, 2.45) is 5.92 Å². The third-order valence-corrected chi connectivity index (χ3v) is 5.92. The first-order chi connectivity index (χ1) is 10.0. The first-order valence-corrected chi connectivity index (χ1v) is 9.12. The largest absolute Gasteiger partial charge is 0.323 e. The van der Waals surface area contributed by atoms with Crippen molar-refractivity contribution in [3.8, 4) is 0 Å². The Morgan fingerprint density at radius 2 is 2.10 bits per heavy atom. The minimum absolute atomic E-state index is 0.0404. The fourth-order valence-corrected chi connectivity index (χ4v) is 4.66. The van der Waals surface area contributed by atoms with Gasteiger partial charge >= 0.3 is 0 Å². The Bertz CT molecular complexity index is 619. The van der Waals surface area contributed by atoms with Gasteiger partial charge in [-0.1, -0.05) is 0 Å². The number of aromatic nitrogens is 2. The molecular weight excluding hydrogens is 292 g/mol. The number of piperidine rings is 1. The summed E-state index contributed by atoms with van der Waals surface area (Å²) < 4.78 is 24.7. The van der Waals surface area contributed by atoms with Gasteiger partial charge in [-0.05, 0) is 32.4 Å². The molecule has 0 radical (unpaired) electrons. The van der Waals surface area contributed by atoms with Gasteiger partial charge in [-0.15, -0.1) is 0 Å². The number of carbonyl (C=O) groups excluding carboxylic acids is 1. The van der Waals surface area contributed by atoms with Crippen LogP contribution in [0.1, 0.15) is 25.3 Å². The van der Waals surface area contributed by atoms with E-state index in [1.807, 2.05) is 10.9 Å². The number of hydrogen-bond acceptors (Lipinski definition) is 5. The molecule has 2 aliphatic heterocycles. The summed E-state index contributed by atoms with van der Waals surface area (Å²) in [4.78, 5) is 12.1. The molecule has 1 unspecified atom stereocenters. The van der Waals surface area contributed by atoms with Gasteiger partial charge in [0.1, 0.15) is 0 Å². The Balaban J connectivity index is 1.60. The molecule has 7 nitrogen and oxygen atoms in total. The van der Waals surface area contributed by atoms with Crippen LogP contribution in [-0.2, 0) is 14.6 Å². The Morgan fingerprint density at radius 3 is 2.76 bits per heavy atom. The minimum atomic E-state index is -3.03. The second kappa shape index (κ2) is 5.76. The number of sulfone groups is 1. The molecule has 0 spiro atoms. The molecule has 2 N–H and O–H groups in total. The average molecular weight is 312 g/mol. The summed E-state index contributed by atoms with van der Waals surface area (Å²) in [5.41, 5.74) is 0.642. The van der Waals surface area contributed by atoms with E-state index < -0.39 is 15.8 Å². The summed E-state index contributed by atoms with van der Waals surface area (Å²) in [5.74, 6) is -0.584. The molecule has 2 saturated heterocycles. The van der Waals surface area contributed by atoms with Gasteiger partial charge in [0.25, 0.3) is 0 Å². The van der Waals surface area contributed by atoms with Crippen molar-refractivity contribution in [2.75, 3.05) is 29.9 Å². The van der Waals surface area contributed by atoms with Crippen molar-refractivity contribution in [2.45, 2.75) is 25.3 Å². The summed E-state index contributed by atoms with van der Waals surface area (Å²) in [6, 6.07) is 0.365. The predicted molar refractivity (Wildman–Crippen MR) is 78.8 cm³/mol. The Morgan fingerprint density at radius 1 is 1.33 bits per heavy atom. The topological polar surface area (TPSA) is 93.1 Å². The van der Waals surface area contributed by atoms with Crippen LogP contribution in [-0.4, -0.2) is 48.7 Å². The lowest BCUT2D eigenvalue weighted by atomic mass is 10.1. The lowest BCUT2D eigenvalue weighted by molar-refractivity contribution is -0.119. The van der Waals surface area contributed by atoms with E-state index in [0.717, 1.165) is 25.9 Å². The summed E-state index contributed by atoms with van der Waals surface area (Å²) in [7, 11) is -3.03. The minimum Gasteiger partial charge on any atom is -0.323 e. The van der Waals surface area contributed by atoms with Gasteiger partial charge in [-0.3, -0.25) is 9.48 Å². The summed E-state index contributed by atoms with van der Waals surface area (Å²) in [6.07, 6.45) is 5.92. The molecule has 1 atom stereocenters. The molecule has 1 amide bonds. The highest BCUT2D eigenvalue weighted by Gasteiger charge is 2.33. The maximum Gasteiger partial charge on any atom is 0.228 e. The molecule has 0 aromatic carbocycles. The van der Waals surface area contributed by atoms with Crippen LogP contribution >= 0.6 is 0 Å². The molecule has 3 rings (SSSR count). The van der Waals surface area contributed by atoms with E-state index in [4.69, 9.17) is 0 Å². The van der Waals surface area contributed by atoms with Gasteiger partial charge in [0.15, 0.2) is 9.84 Å². The monoisotopic (exact) mass is 312 g/mol. The van der Waals surface area contributed by atoms with E-state index in [0.29, 0.717) is 18.2 Å². The molecule has 3 heterocycles. The van der Waals surface area contributed by atoms with Crippen LogP contribution in [0.2, 0.25) is 0 Å². The Hall–Kier alpha value is -1.41. The van der Waals surface area contributed by atoms with Gasteiger partial charge in [0.2, 0.25) is 5.91 Å². The van der Waals surface area contributed by atoms with Gasteiger partial charge in [-0.25, -0.2) is 8.42 Å². The number of amides is 1. The van der Waals surface area contributed by atoms with E-state index in [1.165, 1.54) is 0 Å². The molecule has 21 heavy (non-hydrogen) atoms. The summed E-state index contributed by atoms with van der Waals surface area (Å²) in [5, 5.41) is 10.4. The van der Waals surface area contributed by atoms with Crippen LogP contribution in [0.3, 0.4) is 0 Å². The van der Waals surface area contributed by atoms with E-state index in [2.05, 4.69) is 15.7 Å². The fourth-order valence-electron chi connectivity index (χ4n) is 2.92. The Kier molecular flexibility index (Phi) is 3.99. The Labute approximate surface area is 124 Å². The SMILES string of the molecule is O=C(Nc1cnn(C2CCNCC2)c1)C1CCS(=O)(=O)C1. The van der Waals surface area contributed by atoms with E-state index in [1.54, 1.807) is 6.20 Å². The fraction of sp³-hybridized carbons (Fsp3) is 0.692. The quantitative estimate of drug-likeness (QED) is 0.830. The van der Waals surface area contributed by atoms with Crippen LogP contribution in [0.5, 0.6) is 0 Å². The molecular formula is C13H20N4O3S. The second-order valence-corrected chi connectivity index (χ2v) is 8.01. The van der Waals surface area contributed by atoms with Gasteiger partial charge in [0.05, 0.1) is 35.3 Å². The van der Waals surface area contributed by atoms with Crippen LogP contribution in [0.15, 0.2) is 12.4 Å². The van der Waals surface area contributed by atoms with Crippen molar-refractivity contribution in [3.63, 3.8) is 0 Å². The number of anilines is 1. The number of rotatable bonds is 3. The van der Waals surface area contributed by atoms with Gasteiger partial charge in [-0.2, -0.15) is 5.10 Å². The molecule has 8 heteroatoms. The van der Waals surface area contributed by atoms with Gasteiger partial charge in [0, 0.05) is 6.20 Å². The zero-order valence-electron chi connectivity index (χ0n) is 11.8. The van der Waals surface area contributed by atoms with Crippen molar-refractivity contribution in [1.82, 2.24) is 15.1 Å². The van der Waals surface area contributed by atoms with Crippen molar-refractivity contribution >= 4 is 21.4 Å². The predicted octanol–water partition coefficient (Wildman–Crippen LogP) is 0.181. The number of nitrogens with one attached hydrogen (secondary N) is 2. The highest BCUT2D eigenvalue weighted by atomic mass is 32.2. The van der Waals surface area contributed by atoms with Crippen LogP contribution in [0.25, 0.3) is 0 Å². The molecule has 2 fully saturated rings. The maximum atomic E-state index is 12.1. The van der Waals surface area contributed by atoms with Crippen molar-refractivity contribution < 1.29 is 13.2 Å². The number of nitrogens with zero attached hydrogens (tertiary/aromatic N) is 2. The molecule has 2 aliphatic rings. The van der Waals surface area contributed by atoms with E-state index >= 15 is 0 Å². The third kappa shape index (κ3) is 3.44. The highest BCUT2D eigenvalue weighted by Crippen LogP contribution is 2.22. The van der Waals surface area contributed by atoms with E-state index in [-0.39, 0.29) is 17.4 Å². The van der Waals surface area contributed by atoms with Crippen LogP contribution < -0.4 is 10.6 Å².